The summed E-state index contributed by atoms with van der Waals surface area (Å²) in [6.45, 7) is 4.84. The zero-order valence-electron chi connectivity index (χ0n) is 30.8. The van der Waals surface area contributed by atoms with Crippen LogP contribution >= 0.6 is 21.6 Å². The molecule has 4 bridgehead atoms. The summed E-state index contributed by atoms with van der Waals surface area (Å²) in [4.78, 5) is 73.0. The molecular formula is C35H49BN6O11S2. The second-order valence-electron chi connectivity index (χ2n) is 14.0. The van der Waals surface area contributed by atoms with Gasteiger partial charge in [-0.05, 0) is 24.3 Å². The molecule has 5 rings (SSSR count). The number of nitrogens with zero attached hydrogens (tertiary/aromatic N) is 2. The number of hydrogen-bond donors (Lipinski definition) is 8. The summed E-state index contributed by atoms with van der Waals surface area (Å²) in [7, 11) is 1.44. The van der Waals surface area contributed by atoms with Crippen LogP contribution in [0.1, 0.15) is 61.8 Å². The molecule has 0 radical (unpaired) electrons. The number of carbonyl (C=O) groups is 5. The second-order valence-corrected chi connectivity index (χ2v) is 16.5. The van der Waals surface area contributed by atoms with Gasteiger partial charge in [0.15, 0.2) is 0 Å². The lowest BCUT2D eigenvalue weighted by atomic mass is 9.74. The van der Waals surface area contributed by atoms with E-state index in [1.54, 1.807) is 6.92 Å². The molecule has 300 valence electrons. The maximum Gasteiger partial charge on any atom is 0.481 e. The van der Waals surface area contributed by atoms with E-state index < -0.39 is 91.6 Å². The molecule has 1 aromatic heterocycles. The number of carbonyl (C=O) groups excluding carboxylic acids is 4. The number of carboxylic acids is 1. The summed E-state index contributed by atoms with van der Waals surface area (Å²) in [5.41, 5.74) is 1.26. The van der Waals surface area contributed by atoms with Crippen LogP contribution in [0, 0.1) is 11.8 Å². The third-order valence-corrected chi connectivity index (χ3v) is 11.3. The SMILES string of the molecule is CC(C)CC1NC(=O)[C@H](Cc2ccccc2)NC(=O)c2cnc(cn2)CSSC[C@@H](C(=O)O)NC(=O)[C@@H](C)CCC(=O)NC[C@H](O)[C@@H](O)[C@H](O)[C@H]2COB1O2. The molecule has 0 aliphatic carbocycles. The minimum atomic E-state index is -1.75. The monoisotopic (exact) mass is 804 g/mol. The lowest BCUT2D eigenvalue weighted by Gasteiger charge is -2.28. The average molecular weight is 805 g/mol. The van der Waals surface area contributed by atoms with Crippen molar-refractivity contribution in [3.05, 3.63) is 59.7 Å². The standard InChI is InChI=1S/C35H49BN6O11S2/c1-19(2)11-28-36-52-16-27(53-36)31(46)30(45)26(43)15-39-29(44)10-9-20(3)32(47)41-25(35(50)51)18-55-54-17-22-13-38-24(14-37-22)34(49)40-23(33(48)42-28)12-21-7-5-4-6-8-21/h4-8,13-14,19-20,23,25-28,30-31,43,45-46H,9-12,15-18H2,1-3H3,(H,39,44)(H,40,49)(H,41,47)(H,42,48)(H,50,51)/t20-,23-,25-,26-,27+,28?,30+,31+/m0/s1. The number of hydrogen-bond acceptors (Lipinski definition) is 14. The first-order valence-electron chi connectivity index (χ1n) is 18.0. The van der Waals surface area contributed by atoms with Crippen LogP contribution < -0.4 is 21.3 Å². The van der Waals surface area contributed by atoms with E-state index >= 15 is 0 Å². The van der Waals surface area contributed by atoms with E-state index in [1.165, 1.54) is 34.0 Å². The van der Waals surface area contributed by atoms with Gasteiger partial charge in [-0.1, -0.05) is 72.7 Å². The van der Waals surface area contributed by atoms with Crippen molar-refractivity contribution < 1.29 is 53.7 Å². The molecule has 2 aromatic rings. The Morgan fingerprint density at radius 1 is 0.982 bits per heavy atom. The van der Waals surface area contributed by atoms with Gasteiger partial charge in [0.1, 0.15) is 30.0 Å². The quantitative estimate of drug-likeness (QED) is 0.145. The van der Waals surface area contributed by atoms with Crippen LogP contribution in [0.15, 0.2) is 42.7 Å². The smallest absolute Gasteiger partial charge is 0.480 e. The Kier molecular flexibility index (Phi) is 17.2. The van der Waals surface area contributed by atoms with Gasteiger partial charge in [0.05, 0.1) is 42.8 Å². The van der Waals surface area contributed by atoms with Crippen LogP contribution in [-0.4, -0.2) is 128 Å². The highest BCUT2D eigenvalue weighted by atomic mass is 33.1. The Morgan fingerprint density at radius 3 is 2.40 bits per heavy atom. The first kappa shape index (κ1) is 43.9. The predicted octanol–water partition coefficient (Wildman–Crippen LogP) is -0.129. The van der Waals surface area contributed by atoms with Gasteiger partial charge in [-0.25, -0.2) is 9.78 Å². The van der Waals surface area contributed by atoms with Crippen LogP contribution in [0.3, 0.4) is 0 Å². The number of carboxylic acid groups (broad SMARTS) is 1. The van der Waals surface area contributed by atoms with Crippen LogP contribution in [0.4, 0.5) is 0 Å². The number of aliphatic hydroxyl groups excluding tert-OH is 3. The third-order valence-electron chi connectivity index (χ3n) is 8.98. The van der Waals surface area contributed by atoms with Gasteiger partial charge in [-0.3, -0.25) is 24.2 Å². The Balaban J connectivity index is 1.55. The minimum Gasteiger partial charge on any atom is -0.480 e. The second kappa shape index (κ2) is 21.5. The van der Waals surface area contributed by atoms with Gasteiger partial charge < -0.3 is 51.0 Å². The average Bonchev–Trinajstić information content (AvgIpc) is 3.66. The van der Waals surface area contributed by atoms with Crippen LogP contribution in [0.25, 0.3) is 0 Å². The summed E-state index contributed by atoms with van der Waals surface area (Å²) in [5.74, 6) is -4.53. The maximum absolute atomic E-state index is 13.9. The zero-order valence-corrected chi connectivity index (χ0v) is 32.5. The molecule has 0 spiro atoms. The molecular weight excluding hydrogens is 755 g/mol. The molecule has 3 aliphatic heterocycles. The van der Waals surface area contributed by atoms with Crippen molar-refractivity contribution in [1.82, 2.24) is 31.2 Å². The molecule has 4 heterocycles. The number of fused-ring (bicyclic) bond motifs is 22. The van der Waals surface area contributed by atoms with Crippen molar-refractivity contribution in [2.45, 2.75) is 94.6 Å². The first-order chi connectivity index (χ1) is 26.2. The summed E-state index contributed by atoms with van der Waals surface area (Å²) in [6, 6.07) is 6.84. The molecule has 1 fully saturated rings. The number of aromatic nitrogens is 2. The van der Waals surface area contributed by atoms with Crippen molar-refractivity contribution in [2.24, 2.45) is 11.8 Å². The molecule has 8 N–H and O–H groups in total. The molecule has 1 aromatic carbocycles. The number of benzene rings is 1. The minimum absolute atomic E-state index is 0.0284. The summed E-state index contributed by atoms with van der Waals surface area (Å²) in [5, 5.41) is 52.6. The highest BCUT2D eigenvalue weighted by Crippen LogP contribution is 2.26. The molecule has 8 atom stereocenters. The van der Waals surface area contributed by atoms with Crippen molar-refractivity contribution >= 4 is 58.3 Å². The van der Waals surface area contributed by atoms with Crippen molar-refractivity contribution in [3.8, 4) is 0 Å². The van der Waals surface area contributed by atoms with Crippen LogP contribution in [0.5, 0.6) is 0 Å². The molecule has 20 heteroatoms. The van der Waals surface area contributed by atoms with Gasteiger partial charge in [0, 0.05) is 36.8 Å². The van der Waals surface area contributed by atoms with Crippen LogP contribution in [0.2, 0.25) is 0 Å². The third kappa shape index (κ3) is 13.7. The van der Waals surface area contributed by atoms with Crippen molar-refractivity contribution in [2.75, 3.05) is 18.9 Å². The van der Waals surface area contributed by atoms with Gasteiger partial charge in [-0.2, -0.15) is 0 Å². The van der Waals surface area contributed by atoms with Crippen molar-refractivity contribution in [1.29, 1.82) is 0 Å². The van der Waals surface area contributed by atoms with E-state index in [0.717, 1.165) is 5.56 Å². The van der Waals surface area contributed by atoms with E-state index in [1.807, 2.05) is 44.2 Å². The summed E-state index contributed by atoms with van der Waals surface area (Å²) >= 11 is 0. The normalized spacial score (nSPS) is 28.6. The largest absolute Gasteiger partial charge is 0.481 e. The molecule has 4 amide bonds. The molecule has 1 saturated heterocycles. The molecule has 55 heavy (non-hydrogen) atoms. The van der Waals surface area contributed by atoms with E-state index in [0.29, 0.717) is 17.9 Å². The maximum atomic E-state index is 13.9. The molecule has 17 nitrogen and oxygen atoms in total. The van der Waals surface area contributed by atoms with Gasteiger partial charge in [0.2, 0.25) is 17.7 Å². The fourth-order valence-corrected chi connectivity index (χ4v) is 7.88. The molecule has 1 unspecified atom stereocenters. The number of aliphatic carboxylic acids is 1. The zero-order chi connectivity index (χ0) is 40.1. The summed E-state index contributed by atoms with van der Waals surface area (Å²) in [6.07, 6.45) is -2.91. The Hall–Kier alpha value is -3.79. The van der Waals surface area contributed by atoms with Crippen LogP contribution in [-0.2, 0) is 40.7 Å². The Labute approximate surface area is 327 Å². The van der Waals surface area contributed by atoms with Gasteiger partial charge in [-0.15, -0.1) is 0 Å². The molecule has 3 aliphatic rings. The summed E-state index contributed by atoms with van der Waals surface area (Å²) < 4.78 is 11.8. The topological polar surface area (TPSA) is 259 Å². The lowest BCUT2D eigenvalue weighted by molar-refractivity contribution is -0.141. The fourth-order valence-electron chi connectivity index (χ4n) is 5.76. The van der Waals surface area contributed by atoms with E-state index in [4.69, 9.17) is 9.31 Å². The fraction of sp³-hybridized carbons (Fsp3) is 0.571. The van der Waals surface area contributed by atoms with Crippen molar-refractivity contribution in [3.63, 3.8) is 0 Å². The predicted molar refractivity (Wildman–Crippen MR) is 204 cm³/mol. The lowest BCUT2D eigenvalue weighted by Crippen LogP contribution is -2.56. The van der Waals surface area contributed by atoms with Gasteiger partial charge >= 0.3 is 13.1 Å². The first-order valence-corrected chi connectivity index (χ1v) is 20.5. The number of rotatable bonds is 5. The molecule has 0 saturated carbocycles. The number of amides is 4. The highest BCUT2D eigenvalue weighted by Gasteiger charge is 2.45. The Bertz CT molecular complexity index is 1600. The number of nitrogens with one attached hydrogen (secondary N) is 4. The highest BCUT2D eigenvalue weighted by molar-refractivity contribution is 8.76. The van der Waals surface area contributed by atoms with E-state index in [2.05, 4.69) is 31.2 Å². The number of aliphatic hydroxyl groups is 3. The van der Waals surface area contributed by atoms with E-state index in [-0.39, 0.29) is 43.2 Å². The van der Waals surface area contributed by atoms with Gasteiger partial charge in [0.25, 0.3) is 5.91 Å². The Morgan fingerprint density at radius 2 is 1.73 bits per heavy atom. The van der Waals surface area contributed by atoms with E-state index in [9.17, 15) is 44.4 Å².